The van der Waals surface area contributed by atoms with Gasteiger partial charge in [-0.3, -0.25) is 9.88 Å². The number of aromatic nitrogens is 1. The normalized spacial score (nSPS) is 17.7. The first kappa shape index (κ1) is 19.0. The van der Waals surface area contributed by atoms with E-state index < -0.39 is 0 Å². The van der Waals surface area contributed by atoms with Crippen LogP contribution in [-0.4, -0.2) is 29.5 Å². The van der Waals surface area contributed by atoms with E-state index in [9.17, 15) is 4.39 Å². The Morgan fingerprint density at radius 1 is 1.15 bits per heavy atom. The van der Waals surface area contributed by atoms with Crippen molar-refractivity contribution in [3.8, 4) is 10.4 Å². The van der Waals surface area contributed by atoms with Crippen LogP contribution in [0.3, 0.4) is 0 Å². The molecule has 0 spiro atoms. The highest BCUT2D eigenvalue weighted by Gasteiger charge is 2.24. The summed E-state index contributed by atoms with van der Waals surface area (Å²) in [6, 6.07) is 15.6. The van der Waals surface area contributed by atoms with Crippen molar-refractivity contribution in [2.75, 3.05) is 19.6 Å². The van der Waals surface area contributed by atoms with Crippen LogP contribution in [-0.2, 0) is 6.54 Å². The third kappa shape index (κ3) is 4.30. The minimum absolute atomic E-state index is 0. The molecule has 0 bridgehead atoms. The van der Waals surface area contributed by atoms with Crippen LogP contribution in [0.1, 0.15) is 16.5 Å². The summed E-state index contributed by atoms with van der Waals surface area (Å²) in [6.07, 6.45) is 3.71. The number of benzene rings is 1. The molecule has 3 heterocycles. The van der Waals surface area contributed by atoms with Gasteiger partial charge in [0.2, 0.25) is 0 Å². The van der Waals surface area contributed by atoms with E-state index in [4.69, 9.17) is 0 Å². The fourth-order valence-electron chi connectivity index (χ4n) is 3.31. The number of piperazine rings is 1. The van der Waals surface area contributed by atoms with Crippen molar-refractivity contribution in [3.63, 3.8) is 0 Å². The molecular formula is C20H21ClFN3S. The van der Waals surface area contributed by atoms with Gasteiger partial charge in [0.1, 0.15) is 5.82 Å². The van der Waals surface area contributed by atoms with Gasteiger partial charge in [-0.25, -0.2) is 4.39 Å². The molecule has 136 valence electrons. The number of nitrogens with one attached hydrogen (secondary N) is 1. The second-order valence-corrected chi connectivity index (χ2v) is 7.42. The average molecular weight is 390 g/mol. The fraction of sp³-hybridized carbons (Fsp3) is 0.250. The molecule has 3 nitrogen and oxygen atoms in total. The van der Waals surface area contributed by atoms with Gasteiger partial charge in [0.15, 0.2) is 0 Å². The molecule has 1 saturated heterocycles. The molecule has 26 heavy (non-hydrogen) atoms. The number of thiophene rings is 1. The molecule has 0 amide bonds. The summed E-state index contributed by atoms with van der Waals surface area (Å²) in [7, 11) is 0. The van der Waals surface area contributed by atoms with Gasteiger partial charge in [-0.2, -0.15) is 0 Å². The molecule has 1 N–H and O–H groups in total. The minimum Gasteiger partial charge on any atom is -0.314 e. The van der Waals surface area contributed by atoms with Gasteiger partial charge in [-0.05, 0) is 47.5 Å². The zero-order valence-corrected chi connectivity index (χ0v) is 15.9. The van der Waals surface area contributed by atoms with Crippen molar-refractivity contribution in [1.29, 1.82) is 0 Å². The number of nitrogens with zero attached hydrogens (tertiary/aromatic N) is 2. The van der Waals surface area contributed by atoms with Crippen LogP contribution < -0.4 is 5.32 Å². The molecule has 1 aromatic carbocycles. The molecule has 6 heteroatoms. The van der Waals surface area contributed by atoms with Crippen molar-refractivity contribution in [2.24, 2.45) is 0 Å². The van der Waals surface area contributed by atoms with Crippen LogP contribution in [0.4, 0.5) is 4.39 Å². The number of hydrogen-bond donors (Lipinski definition) is 1. The smallest absolute Gasteiger partial charge is 0.123 e. The summed E-state index contributed by atoms with van der Waals surface area (Å²) in [5.41, 5.74) is 2.24. The molecule has 1 fully saturated rings. The number of rotatable bonds is 4. The third-order valence-electron chi connectivity index (χ3n) is 4.57. The highest BCUT2D eigenvalue weighted by molar-refractivity contribution is 7.15. The van der Waals surface area contributed by atoms with E-state index >= 15 is 0 Å². The Kier molecular flexibility index (Phi) is 6.38. The number of halogens is 2. The lowest BCUT2D eigenvalue weighted by atomic mass is 10.0. The maximum Gasteiger partial charge on any atom is 0.123 e. The van der Waals surface area contributed by atoms with Crippen LogP contribution in [0.15, 0.2) is 60.9 Å². The molecule has 0 aliphatic carbocycles. The lowest BCUT2D eigenvalue weighted by molar-refractivity contribution is 0.155. The van der Waals surface area contributed by atoms with Crippen LogP contribution in [0, 0.1) is 5.82 Å². The van der Waals surface area contributed by atoms with Gasteiger partial charge in [-0.1, -0.05) is 12.1 Å². The molecule has 2 aromatic heterocycles. The molecular weight excluding hydrogens is 369 g/mol. The van der Waals surface area contributed by atoms with E-state index in [0.717, 1.165) is 36.6 Å². The summed E-state index contributed by atoms with van der Waals surface area (Å²) >= 11 is 1.74. The van der Waals surface area contributed by atoms with E-state index in [-0.39, 0.29) is 18.2 Å². The Morgan fingerprint density at radius 3 is 2.81 bits per heavy atom. The molecule has 1 unspecified atom stereocenters. The summed E-state index contributed by atoms with van der Waals surface area (Å²) in [5, 5.41) is 3.49. The highest BCUT2D eigenvalue weighted by Crippen LogP contribution is 2.31. The van der Waals surface area contributed by atoms with Crippen LogP contribution in [0.5, 0.6) is 0 Å². The first-order valence-electron chi connectivity index (χ1n) is 8.49. The van der Waals surface area contributed by atoms with Gasteiger partial charge in [0, 0.05) is 54.4 Å². The molecule has 3 aromatic rings. The van der Waals surface area contributed by atoms with Gasteiger partial charge in [0.05, 0.1) is 0 Å². The summed E-state index contributed by atoms with van der Waals surface area (Å²) in [5.74, 6) is -0.188. The zero-order chi connectivity index (χ0) is 17.1. The molecule has 4 rings (SSSR count). The van der Waals surface area contributed by atoms with E-state index in [2.05, 4.69) is 39.5 Å². The second kappa shape index (κ2) is 8.73. The van der Waals surface area contributed by atoms with E-state index in [1.165, 1.54) is 16.5 Å². The van der Waals surface area contributed by atoms with E-state index in [1.54, 1.807) is 23.5 Å². The van der Waals surface area contributed by atoms with Crippen molar-refractivity contribution in [1.82, 2.24) is 15.2 Å². The highest BCUT2D eigenvalue weighted by atomic mass is 35.5. The quantitative estimate of drug-likeness (QED) is 0.711. The second-order valence-electron chi connectivity index (χ2n) is 6.25. The Balaban J connectivity index is 0.00000196. The summed E-state index contributed by atoms with van der Waals surface area (Å²) in [4.78, 5) is 9.05. The Bertz CT molecular complexity index is 840. The average Bonchev–Trinajstić information content (AvgIpc) is 3.12. The molecule has 1 aliphatic rings. The topological polar surface area (TPSA) is 28.2 Å². The number of pyridine rings is 1. The van der Waals surface area contributed by atoms with E-state index in [1.807, 2.05) is 18.5 Å². The van der Waals surface area contributed by atoms with Crippen LogP contribution in [0.2, 0.25) is 0 Å². The zero-order valence-electron chi connectivity index (χ0n) is 14.3. The minimum atomic E-state index is -0.188. The lowest BCUT2D eigenvalue weighted by Gasteiger charge is -2.36. The maximum absolute atomic E-state index is 13.5. The fourth-order valence-corrected chi connectivity index (χ4v) is 4.34. The van der Waals surface area contributed by atoms with Gasteiger partial charge < -0.3 is 5.32 Å². The van der Waals surface area contributed by atoms with Crippen molar-refractivity contribution in [2.45, 2.75) is 12.6 Å². The lowest BCUT2D eigenvalue weighted by Crippen LogP contribution is -2.45. The van der Waals surface area contributed by atoms with Gasteiger partial charge >= 0.3 is 0 Å². The third-order valence-corrected chi connectivity index (χ3v) is 5.69. The largest absolute Gasteiger partial charge is 0.314 e. The van der Waals surface area contributed by atoms with Crippen LogP contribution in [0.25, 0.3) is 10.4 Å². The molecule has 0 saturated carbocycles. The Labute approximate surface area is 163 Å². The summed E-state index contributed by atoms with van der Waals surface area (Å²) in [6.45, 7) is 3.88. The van der Waals surface area contributed by atoms with Crippen molar-refractivity contribution >= 4 is 23.7 Å². The summed E-state index contributed by atoms with van der Waals surface area (Å²) < 4.78 is 13.5. The maximum atomic E-state index is 13.5. The molecule has 0 radical (unpaired) electrons. The van der Waals surface area contributed by atoms with Crippen molar-refractivity contribution in [3.05, 3.63) is 77.2 Å². The van der Waals surface area contributed by atoms with Crippen LogP contribution >= 0.6 is 23.7 Å². The molecule has 1 aliphatic heterocycles. The predicted molar refractivity (Wildman–Crippen MR) is 107 cm³/mol. The SMILES string of the molecule is Cl.Fc1cccc(-c2ccc(CN3CCNCC3c3ccncc3)s2)c1. The van der Waals surface area contributed by atoms with Gasteiger partial charge in [0.25, 0.3) is 0 Å². The Hall–Kier alpha value is -1.79. The monoisotopic (exact) mass is 389 g/mol. The molecule has 1 atom stereocenters. The van der Waals surface area contributed by atoms with Gasteiger partial charge in [-0.15, -0.1) is 23.7 Å². The Morgan fingerprint density at radius 2 is 2.00 bits per heavy atom. The standard InChI is InChI=1S/C20H20FN3S.ClH/c21-17-3-1-2-16(12-17)20-5-4-18(25-20)14-24-11-10-23-13-19(24)15-6-8-22-9-7-15;/h1-9,12,19,23H,10-11,13-14H2;1H. The first-order valence-corrected chi connectivity index (χ1v) is 9.30. The van der Waals surface area contributed by atoms with Crippen molar-refractivity contribution < 1.29 is 4.39 Å². The first-order chi connectivity index (χ1) is 12.3. The predicted octanol–water partition coefficient (Wildman–Crippen LogP) is 4.52. The number of hydrogen-bond acceptors (Lipinski definition) is 4. The van der Waals surface area contributed by atoms with E-state index in [0.29, 0.717) is 6.04 Å².